The van der Waals surface area contributed by atoms with E-state index in [-0.39, 0.29) is 13.2 Å². The molecule has 1 rings (SSSR count). The van der Waals surface area contributed by atoms with Crippen molar-refractivity contribution in [2.45, 2.75) is 20.8 Å². The van der Waals surface area contributed by atoms with E-state index in [1.54, 1.807) is 0 Å². The van der Waals surface area contributed by atoms with Gasteiger partial charge in [-0.1, -0.05) is 6.92 Å². The molecule has 0 aliphatic carbocycles. The topological polar surface area (TPSA) is 71.0 Å². The van der Waals surface area contributed by atoms with E-state index in [0.29, 0.717) is 19.8 Å². The summed E-state index contributed by atoms with van der Waals surface area (Å²) in [5.74, 6) is 1.49. The predicted octanol–water partition coefficient (Wildman–Crippen LogP) is 1.89. The maximum atomic E-state index is 9.32. The number of aliphatic hydroxyl groups is 2. The van der Waals surface area contributed by atoms with Crippen LogP contribution in [-0.2, 0) is 0 Å². The highest BCUT2D eigenvalue weighted by molar-refractivity contribution is 5.60. The first-order valence-electron chi connectivity index (χ1n) is 6.93. The number of rotatable bonds is 9. The van der Waals surface area contributed by atoms with Gasteiger partial charge in [0.1, 0.15) is 11.5 Å². The standard InChI is InChI=1S/C15H25NO4/c1-4-19-12-6-7-14(20-5-2)13(8-12)16-9-15(3,10-17)11-18/h6-8,16-18H,4-5,9-11H2,1-3H3. The SMILES string of the molecule is CCOc1ccc(OCC)c(NCC(C)(CO)CO)c1. The monoisotopic (exact) mass is 283 g/mol. The Bertz CT molecular complexity index is 405. The normalized spacial score (nSPS) is 11.2. The summed E-state index contributed by atoms with van der Waals surface area (Å²) in [5, 5.41) is 21.9. The molecule has 0 fully saturated rings. The highest BCUT2D eigenvalue weighted by atomic mass is 16.5. The zero-order valence-corrected chi connectivity index (χ0v) is 12.5. The molecule has 5 nitrogen and oxygen atoms in total. The van der Waals surface area contributed by atoms with Gasteiger partial charge in [0.15, 0.2) is 0 Å². The first kappa shape index (κ1) is 16.6. The van der Waals surface area contributed by atoms with Gasteiger partial charge in [0, 0.05) is 18.0 Å². The van der Waals surface area contributed by atoms with Crippen molar-refractivity contribution in [1.82, 2.24) is 0 Å². The molecule has 0 aliphatic rings. The van der Waals surface area contributed by atoms with Crippen LogP contribution >= 0.6 is 0 Å². The molecule has 5 heteroatoms. The van der Waals surface area contributed by atoms with Crippen LogP contribution in [0.1, 0.15) is 20.8 Å². The Hall–Kier alpha value is -1.46. The lowest BCUT2D eigenvalue weighted by Gasteiger charge is -2.26. The van der Waals surface area contributed by atoms with E-state index in [9.17, 15) is 10.2 Å². The van der Waals surface area contributed by atoms with Gasteiger partial charge in [-0.2, -0.15) is 0 Å². The lowest BCUT2D eigenvalue weighted by atomic mass is 9.93. The Morgan fingerprint density at radius 2 is 1.75 bits per heavy atom. The molecule has 1 aromatic carbocycles. The number of hydrogen-bond donors (Lipinski definition) is 3. The Balaban J connectivity index is 2.86. The molecule has 0 spiro atoms. The fourth-order valence-electron chi connectivity index (χ4n) is 1.66. The van der Waals surface area contributed by atoms with Gasteiger partial charge in [0.05, 0.1) is 32.1 Å². The van der Waals surface area contributed by atoms with Crippen LogP contribution in [0.4, 0.5) is 5.69 Å². The minimum atomic E-state index is -0.578. The van der Waals surface area contributed by atoms with Crippen LogP contribution in [0.5, 0.6) is 11.5 Å². The summed E-state index contributed by atoms with van der Waals surface area (Å²) in [4.78, 5) is 0. The second-order valence-corrected chi connectivity index (χ2v) is 5.00. The lowest BCUT2D eigenvalue weighted by Crippen LogP contribution is -2.34. The molecule has 0 unspecified atom stereocenters. The predicted molar refractivity (Wildman–Crippen MR) is 79.5 cm³/mol. The zero-order chi connectivity index (χ0) is 15.0. The molecular weight excluding hydrogens is 258 g/mol. The molecule has 3 N–H and O–H groups in total. The van der Waals surface area contributed by atoms with Crippen LogP contribution in [-0.4, -0.2) is 43.2 Å². The summed E-state index contributed by atoms with van der Waals surface area (Å²) in [6, 6.07) is 5.58. The number of ether oxygens (including phenoxy) is 2. The van der Waals surface area contributed by atoms with Crippen molar-refractivity contribution < 1.29 is 19.7 Å². The highest BCUT2D eigenvalue weighted by Crippen LogP contribution is 2.30. The largest absolute Gasteiger partial charge is 0.494 e. The molecular formula is C15H25NO4. The van der Waals surface area contributed by atoms with Gasteiger partial charge in [0.25, 0.3) is 0 Å². The average Bonchev–Trinajstić information content (AvgIpc) is 2.47. The summed E-state index contributed by atoms with van der Waals surface area (Å²) in [6.45, 7) is 7.09. The van der Waals surface area contributed by atoms with Gasteiger partial charge in [-0.05, 0) is 26.0 Å². The van der Waals surface area contributed by atoms with E-state index < -0.39 is 5.41 Å². The first-order chi connectivity index (χ1) is 9.58. The smallest absolute Gasteiger partial charge is 0.142 e. The van der Waals surface area contributed by atoms with Gasteiger partial charge in [-0.3, -0.25) is 0 Å². The molecule has 0 aromatic heterocycles. The van der Waals surface area contributed by atoms with Crippen LogP contribution in [0, 0.1) is 5.41 Å². The van der Waals surface area contributed by atoms with Crippen LogP contribution in [0.15, 0.2) is 18.2 Å². The summed E-state index contributed by atoms with van der Waals surface area (Å²) < 4.78 is 11.0. The Morgan fingerprint density at radius 1 is 1.10 bits per heavy atom. The van der Waals surface area contributed by atoms with Crippen molar-refractivity contribution in [2.24, 2.45) is 5.41 Å². The van der Waals surface area contributed by atoms with E-state index in [1.807, 2.05) is 39.0 Å². The quantitative estimate of drug-likeness (QED) is 0.645. The second kappa shape index (κ2) is 7.97. The number of anilines is 1. The molecule has 0 radical (unpaired) electrons. The molecule has 20 heavy (non-hydrogen) atoms. The van der Waals surface area contributed by atoms with E-state index >= 15 is 0 Å². The number of hydrogen-bond acceptors (Lipinski definition) is 5. The van der Waals surface area contributed by atoms with Crippen molar-refractivity contribution in [1.29, 1.82) is 0 Å². The van der Waals surface area contributed by atoms with Crippen molar-refractivity contribution in [3.8, 4) is 11.5 Å². The Morgan fingerprint density at radius 3 is 2.30 bits per heavy atom. The van der Waals surface area contributed by atoms with E-state index in [4.69, 9.17) is 9.47 Å². The van der Waals surface area contributed by atoms with Crippen molar-refractivity contribution in [2.75, 3.05) is 38.3 Å². The minimum Gasteiger partial charge on any atom is -0.494 e. The average molecular weight is 283 g/mol. The van der Waals surface area contributed by atoms with Gasteiger partial charge >= 0.3 is 0 Å². The molecule has 0 saturated heterocycles. The maximum absolute atomic E-state index is 9.32. The third-order valence-electron chi connectivity index (χ3n) is 3.03. The van der Waals surface area contributed by atoms with Gasteiger partial charge in [-0.25, -0.2) is 0 Å². The van der Waals surface area contributed by atoms with Crippen LogP contribution < -0.4 is 14.8 Å². The van der Waals surface area contributed by atoms with Crippen molar-refractivity contribution in [3.63, 3.8) is 0 Å². The van der Waals surface area contributed by atoms with Crippen LogP contribution in [0.2, 0.25) is 0 Å². The van der Waals surface area contributed by atoms with Gasteiger partial charge in [0.2, 0.25) is 0 Å². The van der Waals surface area contributed by atoms with E-state index in [0.717, 1.165) is 17.2 Å². The third-order valence-corrected chi connectivity index (χ3v) is 3.03. The number of benzene rings is 1. The Labute approximate surface area is 120 Å². The molecule has 0 atom stereocenters. The highest BCUT2D eigenvalue weighted by Gasteiger charge is 2.22. The van der Waals surface area contributed by atoms with E-state index in [2.05, 4.69) is 5.32 Å². The molecule has 0 heterocycles. The molecule has 0 amide bonds. The van der Waals surface area contributed by atoms with Crippen molar-refractivity contribution >= 4 is 5.69 Å². The summed E-state index contributed by atoms with van der Waals surface area (Å²) in [7, 11) is 0. The third kappa shape index (κ3) is 4.58. The van der Waals surface area contributed by atoms with Crippen molar-refractivity contribution in [3.05, 3.63) is 18.2 Å². The van der Waals surface area contributed by atoms with Crippen LogP contribution in [0.25, 0.3) is 0 Å². The van der Waals surface area contributed by atoms with Gasteiger partial charge < -0.3 is 25.0 Å². The fraction of sp³-hybridized carbons (Fsp3) is 0.600. The zero-order valence-electron chi connectivity index (χ0n) is 12.5. The summed E-state index contributed by atoms with van der Waals surface area (Å²) in [5.41, 5.74) is 0.219. The first-order valence-corrected chi connectivity index (χ1v) is 6.93. The molecule has 114 valence electrons. The lowest BCUT2D eigenvalue weighted by molar-refractivity contribution is 0.0806. The minimum absolute atomic E-state index is 0.0916. The maximum Gasteiger partial charge on any atom is 0.142 e. The Kier molecular flexibility index (Phi) is 6.61. The summed E-state index contributed by atoms with van der Waals surface area (Å²) >= 11 is 0. The van der Waals surface area contributed by atoms with Gasteiger partial charge in [-0.15, -0.1) is 0 Å². The molecule has 1 aromatic rings. The molecule has 0 saturated carbocycles. The second-order valence-electron chi connectivity index (χ2n) is 5.00. The summed E-state index contributed by atoms with van der Waals surface area (Å²) in [6.07, 6.45) is 0. The molecule has 0 aliphatic heterocycles. The number of aliphatic hydroxyl groups excluding tert-OH is 2. The molecule has 0 bridgehead atoms. The van der Waals surface area contributed by atoms with E-state index in [1.165, 1.54) is 0 Å². The fourth-order valence-corrected chi connectivity index (χ4v) is 1.66. The van der Waals surface area contributed by atoms with Crippen LogP contribution in [0.3, 0.4) is 0 Å². The number of nitrogens with one attached hydrogen (secondary N) is 1.